The van der Waals surface area contributed by atoms with Gasteiger partial charge in [-0.2, -0.15) is 0 Å². The lowest BCUT2D eigenvalue weighted by Crippen LogP contribution is -1.93. The predicted molar refractivity (Wildman–Crippen MR) is 187 cm³/mol. The molecule has 0 fully saturated rings. The summed E-state index contributed by atoms with van der Waals surface area (Å²) in [5.41, 5.74) is 9.69. The first-order valence-corrected chi connectivity index (χ1v) is 15.3. The van der Waals surface area contributed by atoms with E-state index in [0.29, 0.717) is 0 Å². The van der Waals surface area contributed by atoms with E-state index in [1.807, 2.05) is 12.3 Å². The summed E-state index contributed by atoms with van der Waals surface area (Å²) in [5, 5.41) is 7.21. The highest BCUT2D eigenvalue weighted by Crippen LogP contribution is 2.44. The first-order valence-electron chi connectivity index (χ1n) is 15.3. The minimum atomic E-state index is 0.879. The molecule has 210 valence electrons. The van der Waals surface area contributed by atoms with Crippen LogP contribution in [0.15, 0.2) is 164 Å². The Morgan fingerprint density at radius 1 is 0.422 bits per heavy atom. The average molecular weight is 574 g/mol. The van der Waals surface area contributed by atoms with Gasteiger partial charge in [0, 0.05) is 23.3 Å². The third-order valence-electron chi connectivity index (χ3n) is 8.85. The smallest absolute Gasteiger partial charge is 0.138 e. The van der Waals surface area contributed by atoms with Crippen molar-refractivity contribution in [3.8, 4) is 44.9 Å². The maximum absolute atomic E-state index is 5.16. The van der Waals surface area contributed by atoms with E-state index in [1.54, 1.807) is 0 Å². The van der Waals surface area contributed by atoms with E-state index < -0.39 is 0 Å². The molecule has 0 radical (unpaired) electrons. The van der Waals surface area contributed by atoms with Crippen molar-refractivity contribution in [2.45, 2.75) is 0 Å². The SMILES string of the molecule is c1ccc(-c2c3ccccc3c(-c3cccc(-c4c(-c5nccc6ccccc56)nc5ccccn45)c3)c3ccccc23)cc1. The Bertz CT molecular complexity index is 2480. The predicted octanol–water partition coefficient (Wildman–Crippen LogP) is 10.9. The lowest BCUT2D eigenvalue weighted by atomic mass is 9.85. The van der Waals surface area contributed by atoms with Crippen molar-refractivity contribution in [3.05, 3.63) is 164 Å². The highest BCUT2D eigenvalue weighted by molar-refractivity contribution is 6.21. The maximum atomic E-state index is 5.16. The number of rotatable bonds is 4. The van der Waals surface area contributed by atoms with Crippen LogP contribution in [0.5, 0.6) is 0 Å². The topological polar surface area (TPSA) is 30.2 Å². The maximum Gasteiger partial charge on any atom is 0.138 e. The standard InChI is InChI=1S/C42H27N3/c1-2-14-29(15-3-1)38-33-19-6-8-21-35(33)39(36-22-9-7-20-34(36)38)30-16-12-17-31(27-30)42-41(44-37-23-10-11-26-45(37)42)40-32-18-5-4-13-28(32)24-25-43-40/h1-27H. The molecule has 0 saturated carbocycles. The van der Waals surface area contributed by atoms with Crippen molar-refractivity contribution in [2.75, 3.05) is 0 Å². The van der Waals surface area contributed by atoms with Gasteiger partial charge in [-0.3, -0.25) is 9.38 Å². The van der Waals surface area contributed by atoms with Gasteiger partial charge in [-0.25, -0.2) is 4.98 Å². The number of fused-ring (bicyclic) bond motifs is 4. The highest BCUT2D eigenvalue weighted by Gasteiger charge is 2.21. The molecule has 0 aliphatic heterocycles. The molecule has 9 aromatic rings. The molecular formula is C42H27N3. The number of nitrogens with zero attached hydrogens (tertiary/aromatic N) is 3. The van der Waals surface area contributed by atoms with Crippen molar-refractivity contribution in [1.29, 1.82) is 0 Å². The first-order chi connectivity index (χ1) is 22.3. The molecule has 3 aromatic heterocycles. The van der Waals surface area contributed by atoms with Crippen molar-refractivity contribution in [1.82, 2.24) is 14.4 Å². The second-order valence-electron chi connectivity index (χ2n) is 11.4. The second kappa shape index (κ2) is 10.3. The number of hydrogen-bond acceptors (Lipinski definition) is 2. The van der Waals surface area contributed by atoms with Crippen LogP contribution < -0.4 is 0 Å². The molecule has 45 heavy (non-hydrogen) atoms. The van der Waals surface area contributed by atoms with Crippen LogP contribution in [-0.4, -0.2) is 14.4 Å². The minimum absolute atomic E-state index is 0.879. The number of benzene rings is 6. The Kier molecular flexibility index (Phi) is 5.82. The summed E-state index contributed by atoms with van der Waals surface area (Å²) in [4.78, 5) is 10.0. The summed E-state index contributed by atoms with van der Waals surface area (Å²) in [6.07, 6.45) is 3.98. The van der Waals surface area contributed by atoms with E-state index in [9.17, 15) is 0 Å². The van der Waals surface area contributed by atoms with E-state index in [2.05, 4.69) is 156 Å². The Morgan fingerprint density at radius 2 is 1.00 bits per heavy atom. The van der Waals surface area contributed by atoms with E-state index in [4.69, 9.17) is 9.97 Å². The van der Waals surface area contributed by atoms with Gasteiger partial charge in [0.1, 0.15) is 11.3 Å². The van der Waals surface area contributed by atoms with E-state index >= 15 is 0 Å². The van der Waals surface area contributed by atoms with Gasteiger partial charge < -0.3 is 0 Å². The van der Waals surface area contributed by atoms with Gasteiger partial charge >= 0.3 is 0 Å². The van der Waals surface area contributed by atoms with Crippen LogP contribution in [-0.2, 0) is 0 Å². The van der Waals surface area contributed by atoms with Crippen LogP contribution in [0.4, 0.5) is 0 Å². The van der Waals surface area contributed by atoms with Crippen LogP contribution in [0, 0.1) is 0 Å². The zero-order valence-corrected chi connectivity index (χ0v) is 24.4. The first kappa shape index (κ1) is 25.4. The summed E-state index contributed by atoms with van der Waals surface area (Å²) >= 11 is 0. The minimum Gasteiger partial charge on any atom is -0.299 e. The van der Waals surface area contributed by atoms with E-state index in [-0.39, 0.29) is 0 Å². The molecule has 0 unspecified atom stereocenters. The largest absolute Gasteiger partial charge is 0.299 e. The zero-order chi connectivity index (χ0) is 29.7. The quantitative estimate of drug-likeness (QED) is 0.196. The average Bonchev–Trinajstić information content (AvgIpc) is 3.50. The zero-order valence-electron chi connectivity index (χ0n) is 24.4. The molecule has 0 aliphatic rings. The van der Waals surface area contributed by atoms with E-state index in [0.717, 1.165) is 39.1 Å². The Labute approximate surface area is 260 Å². The van der Waals surface area contributed by atoms with Crippen molar-refractivity contribution in [2.24, 2.45) is 0 Å². The normalized spacial score (nSPS) is 11.6. The molecule has 0 spiro atoms. The van der Waals surface area contributed by atoms with Gasteiger partial charge in [0.15, 0.2) is 0 Å². The van der Waals surface area contributed by atoms with Gasteiger partial charge in [0.05, 0.1) is 11.4 Å². The summed E-state index contributed by atoms with van der Waals surface area (Å²) in [6, 6.07) is 53.9. The Balaban J connectivity index is 1.33. The number of hydrogen-bond donors (Lipinski definition) is 0. The second-order valence-corrected chi connectivity index (χ2v) is 11.4. The van der Waals surface area contributed by atoms with Crippen LogP contribution in [0.25, 0.3) is 82.9 Å². The van der Waals surface area contributed by atoms with Crippen molar-refractivity contribution < 1.29 is 0 Å². The van der Waals surface area contributed by atoms with Crippen LogP contribution >= 0.6 is 0 Å². The number of imidazole rings is 1. The lowest BCUT2D eigenvalue weighted by molar-refractivity contribution is 1.19. The van der Waals surface area contributed by atoms with Gasteiger partial charge in [-0.1, -0.05) is 127 Å². The highest BCUT2D eigenvalue weighted by atomic mass is 15.0. The van der Waals surface area contributed by atoms with Gasteiger partial charge in [-0.15, -0.1) is 0 Å². The molecule has 3 nitrogen and oxygen atoms in total. The summed E-state index contributed by atoms with van der Waals surface area (Å²) < 4.78 is 2.19. The molecule has 6 aromatic carbocycles. The molecule has 3 heterocycles. The van der Waals surface area contributed by atoms with E-state index in [1.165, 1.54) is 43.8 Å². The van der Waals surface area contributed by atoms with Gasteiger partial charge in [0.2, 0.25) is 0 Å². The fraction of sp³-hybridized carbons (Fsp3) is 0. The van der Waals surface area contributed by atoms with Crippen LogP contribution in [0.3, 0.4) is 0 Å². The Hall–Kier alpha value is -6.06. The molecule has 9 rings (SSSR count). The number of aromatic nitrogens is 3. The van der Waals surface area contributed by atoms with Crippen LogP contribution in [0.1, 0.15) is 0 Å². The number of pyridine rings is 2. The summed E-state index contributed by atoms with van der Waals surface area (Å²) in [6.45, 7) is 0. The van der Waals surface area contributed by atoms with Crippen molar-refractivity contribution in [3.63, 3.8) is 0 Å². The molecule has 0 aliphatic carbocycles. The molecule has 0 saturated heterocycles. The fourth-order valence-electron chi connectivity index (χ4n) is 6.92. The molecular weight excluding hydrogens is 546 g/mol. The third kappa shape index (κ3) is 4.05. The molecule has 3 heteroatoms. The molecule has 0 atom stereocenters. The monoisotopic (exact) mass is 573 g/mol. The van der Waals surface area contributed by atoms with Crippen molar-refractivity contribution >= 4 is 38.0 Å². The fourth-order valence-corrected chi connectivity index (χ4v) is 6.92. The lowest BCUT2D eigenvalue weighted by Gasteiger charge is -2.18. The molecule has 0 N–H and O–H groups in total. The molecule has 0 amide bonds. The van der Waals surface area contributed by atoms with Gasteiger partial charge in [0.25, 0.3) is 0 Å². The third-order valence-corrected chi connectivity index (χ3v) is 8.85. The summed E-state index contributed by atoms with van der Waals surface area (Å²) in [7, 11) is 0. The Morgan fingerprint density at radius 3 is 1.73 bits per heavy atom. The van der Waals surface area contributed by atoms with Crippen LogP contribution in [0.2, 0.25) is 0 Å². The molecule has 0 bridgehead atoms. The van der Waals surface area contributed by atoms with Gasteiger partial charge in [-0.05, 0) is 73.5 Å². The summed E-state index contributed by atoms with van der Waals surface area (Å²) in [5.74, 6) is 0.